The molecule has 0 spiro atoms. The smallest absolute Gasteiger partial charge is 0.00449 e. The molecule has 0 saturated carbocycles. The summed E-state index contributed by atoms with van der Waals surface area (Å²) in [4.78, 5) is 0. The van der Waals surface area contributed by atoms with Gasteiger partial charge in [0.15, 0.2) is 0 Å². The molecule has 0 aliphatic rings. The second-order valence-corrected chi connectivity index (χ2v) is 1.50. The Morgan fingerprint density at radius 1 is 2.00 bits per heavy atom. The van der Waals surface area contributed by atoms with Crippen LogP contribution in [0.5, 0.6) is 0 Å². The normalized spacial score (nSPS) is 13.7. The molecule has 0 aromatic carbocycles. The molecule has 1 nitrogen and oxygen atoms in total. The van der Waals surface area contributed by atoms with E-state index in [4.69, 9.17) is 5.73 Å². The second kappa shape index (κ2) is 2.91. The minimum atomic E-state index is 0.280. The van der Waals surface area contributed by atoms with Gasteiger partial charge in [0.1, 0.15) is 0 Å². The van der Waals surface area contributed by atoms with E-state index in [1.165, 1.54) is 0 Å². The zero-order valence-electron chi connectivity index (χ0n) is 4.15. The zero-order valence-corrected chi connectivity index (χ0v) is 4.15. The van der Waals surface area contributed by atoms with Gasteiger partial charge in [-0.1, -0.05) is 6.08 Å². The molecule has 0 aliphatic heterocycles. The van der Waals surface area contributed by atoms with E-state index in [9.17, 15) is 0 Å². The Bertz CT molecular complexity index is 39.2. The maximum Gasteiger partial charge on any atom is 0.00449 e. The van der Waals surface area contributed by atoms with Gasteiger partial charge in [-0.25, -0.2) is 0 Å². The summed E-state index contributed by atoms with van der Waals surface area (Å²) in [6.45, 7) is 5.48. The molecule has 0 radical (unpaired) electrons. The summed E-state index contributed by atoms with van der Waals surface area (Å²) in [5.74, 6) is 0. The van der Waals surface area contributed by atoms with Crippen LogP contribution >= 0.6 is 0 Å². The first-order valence-corrected chi connectivity index (χ1v) is 2.14. The van der Waals surface area contributed by atoms with Gasteiger partial charge in [-0.05, 0) is 13.3 Å². The van der Waals surface area contributed by atoms with Crippen LogP contribution in [0.25, 0.3) is 0 Å². The van der Waals surface area contributed by atoms with E-state index in [1.807, 2.05) is 13.0 Å². The molecular weight excluding hydrogens is 74.1 g/mol. The Morgan fingerprint density at radius 2 is 2.50 bits per heavy atom. The summed E-state index contributed by atoms with van der Waals surface area (Å²) in [6, 6.07) is 0.280. The van der Waals surface area contributed by atoms with Crippen molar-refractivity contribution in [2.45, 2.75) is 19.4 Å². The van der Waals surface area contributed by atoms with Gasteiger partial charge in [-0.2, -0.15) is 0 Å². The van der Waals surface area contributed by atoms with Crippen molar-refractivity contribution in [1.29, 1.82) is 0 Å². The summed E-state index contributed by atoms with van der Waals surface area (Å²) in [7, 11) is 0. The van der Waals surface area contributed by atoms with E-state index in [0.717, 1.165) is 6.42 Å². The summed E-state index contributed by atoms with van der Waals surface area (Å²) in [5.41, 5.74) is 5.33. The van der Waals surface area contributed by atoms with Crippen LogP contribution in [-0.2, 0) is 0 Å². The third kappa shape index (κ3) is 3.70. The predicted octanol–water partition coefficient (Wildman–Crippen LogP) is 0.910. The van der Waals surface area contributed by atoms with Crippen molar-refractivity contribution in [2.75, 3.05) is 0 Å². The lowest BCUT2D eigenvalue weighted by atomic mass is 10.3. The van der Waals surface area contributed by atoms with Gasteiger partial charge in [0.25, 0.3) is 0 Å². The van der Waals surface area contributed by atoms with Crippen LogP contribution in [0.4, 0.5) is 0 Å². The largest absolute Gasteiger partial charge is 0.328 e. The third-order valence-electron chi connectivity index (χ3n) is 0.538. The quantitative estimate of drug-likeness (QED) is 0.495. The Labute approximate surface area is 38.8 Å². The molecule has 6 heavy (non-hydrogen) atoms. The molecule has 2 N–H and O–H groups in total. The summed E-state index contributed by atoms with van der Waals surface area (Å²) in [5, 5.41) is 0. The van der Waals surface area contributed by atoms with Gasteiger partial charge < -0.3 is 5.73 Å². The molecule has 0 aromatic rings. The van der Waals surface area contributed by atoms with Crippen LogP contribution in [0.2, 0.25) is 0 Å². The van der Waals surface area contributed by atoms with E-state index < -0.39 is 0 Å². The van der Waals surface area contributed by atoms with E-state index in [1.54, 1.807) is 0 Å². The van der Waals surface area contributed by atoms with Gasteiger partial charge in [0.05, 0.1) is 0 Å². The molecule has 0 aromatic heterocycles. The van der Waals surface area contributed by atoms with Crippen molar-refractivity contribution in [3.05, 3.63) is 12.7 Å². The molecule has 1 atom stereocenters. The molecule has 0 aliphatic carbocycles. The fourth-order valence-corrected chi connectivity index (χ4v) is 0.263. The molecule has 0 amide bonds. The SMILES string of the molecule is C=CC[C@@H](C)N. The Balaban J connectivity index is 2.81. The Hall–Kier alpha value is -0.300. The lowest BCUT2D eigenvalue weighted by molar-refractivity contribution is 0.758. The van der Waals surface area contributed by atoms with Crippen LogP contribution in [0.15, 0.2) is 12.7 Å². The molecule has 1 heteroatoms. The van der Waals surface area contributed by atoms with Gasteiger partial charge >= 0.3 is 0 Å². The maximum absolute atomic E-state index is 5.33. The third-order valence-corrected chi connectivity index (χ3v) is 0.538. The molecular formula is C5H11N. The highest BCUT2D eigenvalue weighted by atomic mass is 14.6. The predicted molar refractivity (Wildman–Crippen MR) is 28.5 cm³/mol. The van der Waals surface area contributed by atoms with Crippen molar-refractivity contribution in [1.82, 2.24) is 0 Å². The van der Waals surface area contributed by atoms with E-state index in [0.29, 0.717) is 0 Å². The highest BCUT2D eigenvalue weighted by molar-refractivity contribution is 4.71. The highest BCUT2D eigenvalue weighted by Crippen LogP contribution is 1.82. The number of hydrogen-bond acceptors (Lipinski definition) is 1. The van der Waals surface area contributed by atoms with Crippen molar-refractivity contribution >= 4 is 0 Å². The lowest BCUT2D eigenvalue weighted by Crippen LogP contribution is -2.12. The minimum absolute atomic E-state index is 0.280. The fourth-order valence-electron chi connectivity index (χ4n) is 0.263. The molecule has 36 valence electrons. The van der Waals surface area contributed by atoms with Gasteiger partial charge in [0.2, 0.25) is 0 Å². The number of hydrogen-bond donors (Lipinski definition) is 1. The molecule has 0 unspecified atom stereocenters. The topological polar surface area (TPSA) is 26.0 Å². The second-order valence-electron chi connectivity index (χ2n) is 1.50. The molecule has 0 saturated heterocycles. The monoisotopic (exact) mass is 85.1 g/mol. The average Bonchev–Trinajstić information content (AvgIpc) is 1.35. The van der Waals surface area contributed by atoms with Gasteiger partial charge in [-0.3, -0.25) is 0 Å². The van der Waals surface area contributed by atoms with E-state index in [-0.39, 0.29) is 6.04 Å². The summed E-state index contributed by atoms with van der Waals surface area (Å²) >= 11 is 0. The van der Waals surface area contributed by atoms with Crippen molar-refractivity contribution in [2.24, 2.45) is 5.73 Å². The van der Waals surface area contributed by atoms with Crippen molar-refractivity contribution < 1.29 is 0 Å². The summed E-state index contributed by atoms with van der Waals surface area (Å²) in [6.07, 6.45) is 2.74. The molecule has 0 fully saturated rings. The summed E-state index contributed by atoms with van der Waals surface area (Å²) < 4.78 is 0. The van der Waals surface area contributed by atoms with Crippen LogP contribution in [0.3, 0.4) is 0 Å². The highest BCUT2D eigenvalue weighted by Gasteiger charge is 1.82. The Morgan fingerprint density at radius 3 is 2.50 bits per heavy atom. The van der Waals surface area contributed by atoms with Crippen molar-refractivity contribution in [3.63, 3.8) is 0 Å². The van der Waals surface area contributed by atoms with Crippen LogP contribution < -0.4 is 5.73 Å². The zero-order chi connectivity index (χ0) is 4.99. The molecule has 0 rings (SSSR count). The lowest BCUT2D eigenvalue weighted by Gasteiger charge is -1.93. The van der Waals surface area contributed by atoms with Crippen LogP contribution in [0, 0.1) is 0 Å². The molecule has 0 bridgehead atoms. The standard InChI is InChI=1S/C5H11N/c1-3-4-5(2)6/h3,5H,1,4,6H2,2H3/t5-/m1/s1. The first-order chi connectivity index (χ1) is 2.77. The van der Waals surface area contributed by atoms with Crippen LogP contribution in [0.1, 0.15) is 13.3 Å². The Kier molecular flexibility index (Phi) is 2.77. The van der Waals surface area contributed by atoms with Crippen LogP contribution in [-0.4, -0.2) is 6.04 Å². The van der Waals surface area contributed by atoms with Gasteiger partial charge in [-0.15, -0.1) is 6.58 Å². The fraction of sp³-hybridized carbons (Fsp3) is 0.600. The first-order valence-electron chi connectivity index (χ1n) is 2.14. The average molecular weight is 85.2 g/mol. The maximum atomic E-state index is 5.33. The minimum Gasteiger partial charge on any atom is -0.328 e. The first kappa shape index (κ1) is 5.70. The van der Waals surface area contributed by atoms with E-state index in [2.05, 4.69) is 6.58 Å². The van der Waals surface area contributed by atoms with Gasteiger partial charge in [0, 0.05) is 6.04 Å². The molecule has 0 heterocycles. The van der Waals surface area contributed by atoms with E-state index >= 15 is 0 Å². The number of rotatable bonds is 2. The van der Waals surface area contributed by atoms with Crippen molar-refractivity contribution in [3.8, 4) is 0 Å². The number of nitrogens with two attached hydrogens (primary N) is 1.